The summed E-state index contributed by atoms with van der Waals surface area (Å²) in [6.07, 6.45) is 0. The number of anilines is 1. The highest BCUT2D eigenvalue weighted by atomic mass is 32.2. The molecule has 0 aliphatic rings. The topological polar surface area (TPSA) is 29.1 Å². The van der Waals surface area contributed by atoms with Crippen molar-refractivity contribution in [3.05, 3.63) is 96.1 Å². The molecule has 3 rings (SSSR count). The number of rotatable bonds is 5. The molecule has 3 aromatic rings. The van der Waals surface area contributed by atoms with Crippen molar-refractivity contribution in [1.82, 2.24) is 0 Å². The van der Waals surface area contributed by atoms with Crippen LogP contribution in [0.3, 0.4) is 0 Å². The van der Waals surface area contributed by atoms with Gasteiger partial charge in [-0.15, -0.1) is 11.8 Å². The van der Waals surface area contributed by atoms with E-state index in [9.17, 15) is 4.79 Å². The number of thioether (sulfide) groups is 1. The Morgan fingerprint density at radius 2 is 1.39 bits per heavy atom. The van der Waals surface area contributed by atoms with Gasteiger partial charge in [0.15, 0.2) is 0 Å². The van der Waals surface area contributed by atoms with E-state index in [1.165, 1.54) is 5.56 Å². The zero-order valence-corrected chi connectivity index (χ0v) is 13.4. The van der Waals surface area contributed by atoms with E-state index in [2.05, 4.69) is 17.4 Å². The van der Waals surface area contributed by atoms with E-state index < -0.39 is 0 Å². The lowest BCUT2D eigenvalue weighted by atomic mass is 10.2. The third kappa shape index (κ3) is 4.24. The number of hydrogen-bond acceptors (Lipinski definition) is 2. The molecular formula is C20H17NOS. The predicted octanol–water partition coefficient (Wildman–Crippen LogP) is 5.23. The number of amides is 1. The van der Waals surface area contributed by atoms with Crippen molar-refractivity contribution in [2.75, 3.05) is 5.32 Å². The zero-order chi connectivity index (χ0) is 15.9. The van der Waals surface area contributed by atoms with Crippen LogP contribution in [0.2, 0.25) is 0 Å². The summed E-state index contributed by atoms with van der Waals surface area (Å²) in [4.78, 5) is 13.5. The molecule has 3 aromatic carbocycles. The van der Waals surface area contributed by atoms with E-state index >= 15 is 0 Å². The largest absolute Gasteiger partial charge is 0.322 e. The maximum absolute atomic E-state index is 12.5. The number of carbonyl (C=O) groups excluding carboxylic acids is 1. The first-order valence-electron chi connectivity index (χ1n) is 7.45. The molecule has 3 heteroatoms. The average molecular weight is 319 g/mol. The van der Waals surface area contributed by atoms with Gasteiger partial charge in [0.1, 0.15) is 0 Å². The minimum Gasteiger partial charge on any atom is -0.322 e. The molecule has 0 unspecified atom stereocenters. The molecule has 23 heavy (non-hydrogen) atoms. The lowest BCUT2D eigenvalue weighted by Gasteiger charge is -2.10. The van der Waals surface area contributed by atoms with E-state index in [-0.39, 0.29) is 5.91 Å². The van der Waals surface area contributed by atoms with Gasteiger partial charge in [0.05, 0.1) is 5.56 Å². The molecule has 0 spiro atoms. The molecule has 0 heterocycles. The summed E-state index contributed by atoms with van der Waals surface area (Å²) in [5, 5.41) is 2.94. The van der Waals surface area contributed by atoms with Gasteiger partial charge in [0.2, 0.25) is 0 Å². The molecule has 114 valence electrons. The number of nitrogens with one attached hydrogen (secondary N) is 1. The van der Waals surface area contributed by atoms with Gasteiger partial charge in [-0.3, -0.25) is 4.79 Å². The van der Waals surface area contributed by atoms with Crippen LogP contribution in [0.1, 0.15) is 15.9 Å². The smallest absolute Gasteiger partial charge is 0.256 e. The van der Waals surface area contributed by atoms with E-state index in [4.69, 9.17) is 0 Å². The zero-order valence-electron chi connectivity index (χ0n) is 12.6. The molecule has 0 radical (unpaired) electrons. The number of para-hydroxylation sites is 1. The van der Waals surface area contributed by atoms with Crippen molar-refractivity contribution >= 4 is 23.4 Å². The van der Waals surface area contributed by atoms with Crippen LogP contribution in [-0.4, -0.2) is 5.91 Å². The summed E-state index contributed by atoms with van der Waals surface area (Å²) >= 11 is 1.68. The molecule has 1 N–H and O–H groups in total. The fraction of sp³-hybridized carbons (Fsp3) is 0.0500. The van der Waals surface area contributed by atoms with Crippen LogP contribution >= 0.6 is 11.8 Å². The molecule has 0 saturated carbocycles. The van der Waals surface area contributed by atoms with Crippen LogP contribution in [0.25, 0.3) is 0 Å². The van der Waals surface area contributed by atoms with Crippen LogP contribution in [0, 0.1) is 0 Å². The molecular weight excluding hydrogens is 302 g/mol. The Hall–Kier alpha value is -2.52. The van der Waals surface area contributed by atoms with Crippen molar-refractivity contribution < 1.29 is 4.79 Å². The highest BCUT2D eigenvalue weighted by molar-refractivity contribution is 7.98. The quantitative estimate of drug-likeness (QED) is 0.652. The fourth-order valence-corrected chi connectivity index (χ4v) is 3.24. The van der Waals surface area contributed by atoms with Gasteiger partial charge in [-0.25, -0.2) is 0 Å². The first kappa shape index (κ1) is 15.4. The van der Waals surface area contributed by atoms with E-state index in [0.29, 0.717) is 5.56 Å². The SMILES string of the molecule is O=C(Nc1ccccc1)c1ccccc1SCc1ccccc1. The molecule has 0 atom stereocenters. The Morgan fingerprint density at radius 3 is 2.13 bits per heavy atom. The molecule has 2 nitrogen and oxygen atoms in total. The molecule has 0 aromatic heterocycles. The molecule has 0 bridgehead atoms. The molecule has 0 aliphatic heterocycles. The van der Waals surface area contributed by atoms with Gasteiger partial charge in [-0.1, -0.05) is 60.7 Å². The standard InChI is InChI=1S/C20H17NOS/c22-20(21-17-11-5-2-6-12-17)18-13-7-8-14-19(18)23-15-16-9-3-1-4-10-16/h1-14H,15H2,(H,21,22). The van der Waals surface area contributed by atoms with Crippen LogP contribution in [0.4, 0.5) is 5.69 Å². The third-order valence-corrected chi connectivity index (χ3v) is 4.55. The van der Waals surface area contributed by atoms with Gasteiger partial charge in [0.25, 0.3) is 5.91 Å². The lowest BCUT2D eigenvalue weighted by molar-refractivity contribution is 0.102. The number of hydrogen-bond donors (Lipinski definition) is 1. The molecule has 0 aliphatic carbocycles. The monoisotopic (exact) mass is 319 g/mol. The highest BCUT2D eigenvalue weighted by Gasteiger charge is 2.11. The van der Waals surface area contributed by atoms with Crippen molar-refractivity contribution in [2.45, 2.75) is 10.6 Å². The summed E-state index contributed by atoms with van der Waals surface area (Å²) in [5.41, 5.74) is 2.76. The van der Waals surface area contributed by atoms with Crippen LogP contribution in [0.15, 0.2) is 89.8 Å². The maximum Gasteiger partial charge on any atom is 0.256 e. The number of benzene rings is 3. The fourth-order valence-electron chi connectivity index (χ4n) is 2.24. The highest BCUT2D eigenvalue weighted by Crippen LogP contribution is 2.26. The van der Waals surface area contributed by atoms with Crippen molar-refractivity contribution in [3.8, 4) is 0 Å². The van der Waals surface area contributed by atoms with Gasteiger partial charge in [0, 0.05) is 16.3 Å². The normalized spacial score (nSPS) is 10.3. The van der Waals surface area contributed by atoms with E-state index in [1.807, 2.05) is 72.8 Å². The van der Waals surface area contributed by atoms with Crippen LogP contribution < -0.4 is 5.32 Å². The summed E-state index contributed by atoms with van der Waals surface area (Å²) < 4.78 is 0. The third-order valence-electron chi connectivity index (χ3n) is 3.40. The minimum absolute atomic E-state index is 0.0765. The Labute approximate surface area is 140 Å². The van der Waals surface area contributed by atoms with Crippen LogP contribution in [0.5, 0.6) is 0 Å². The Balaban J connectivity index is 1.73. The predicted molar refractivity (Wildman–Crippen MR) is 96.8 cm³/mol. The molecule has 0 fully saturated rings. The summed E-state index contributed by atoms with van der Waals surface area (Å²) in [6, 6.07) is 27.5. The molecule has 0 saturated heterocycles. The first-order chi connectivity index (χ1) is 11.3. The number of carbonyl (C=O) groups is 1. The molecule has 1 amide bonds. The van der Waals surface area contributed by atoms with Crippen molar-refractivity contribution in [3.63, 3.8) is 0 Å². The van der Waals surface area contributed by atoms with Crippen LogP contribution in [-0.2, 0) is 5.75 Å². The second-order valence-corrected chi connectivity index (χ2v) is 6.11. The Bertz CT molecular complexity index is 772. The maximum atomic E-state index is 12.5. The Morgan fingerprint density at radius 1 is 0.783 bits per heavy atom. The minimum atomic E-state index is -0.0765. The second kappa shape index (κ2) is 7.65. The van der Waals surface area contributed by atoms with Gasteiger partial charge < -0.3 is 5.32 Å². The lowest BCUT2D eigenvalue weighted by Crippen LogP contribution is -2.12. The van der Waals surface area contributed by atoms with E-state index in [0.717, 1.165) is 16.3 Å². The Kier molecular flexibility index (Phi) is 5.12. The van der Waals surface area contributed by atoms with Gasteiger partial charge in [-0.2, -0.15) is 0 Å². The summed E-state index contributed by atoms with van der Waals surface area (Å²) in [6.45, 7) is 0. The summed E-state index contributed by atoms with van der Waals surface area (Å²) in [7, 11) is 0. The van der Waals surface area contributed by atoms with Gasteiger partial charge >= 0.3 is 0 Å². The first-order valence-corrected chi connectivity index (χ1v) is 8.43. The summed E-state index contributed by atoms with van der Waals surface area (Å²) in [5.74, 6) is 0.767. The van der Waals surface area contributed by atoms with E-state index in [1.54, 1.807) is 11.8 Å². The second-order valence-electron chi connectivity index (χ2n) is 5.09. The van der Waals surface area contributed by atoms with Crippen molar-refractivity contribution in [2.24, 2.45) is 0 Å². The average Bonchev–Trinajstić information content (AvgIpc) is 2.62. The van der Waals surface area contributed by atoms with Gasteiger partial charge in [-0.05, 0) is 29.8 Å². The van der Waals surface area contributed by atoms with Crippen molar-refractivity contribution in [1.29, 1.82) is 0 Å².